The molecule has 0 aliphatic heterocycles. The fourth-order valence-corrected chi connectivity index (χ4v) is 1.66. The number of thioether (sulfide) groups is 1. The first-order valence-corrected chi connectivity index (χ1v) is 5.71. The molecule has 2 N–H and O–H groups in total. The van der Waals surface area contributed by atoms with Crippen LogP contribution in [0, 0.1) is 0 Å². The number of methoxy groups -OCH3 is 1. The first kappa shape index (κ1) is 12.5. The van der Waals surface area contributed by atoms with E-state index in [1.54, 1.807) is 13.3 Å². The molecular formula is C9H16N2O3S. The lowest BCUT2D eigenvalue weighted by Gasteiger charge is -2.09. The minimum atomic E-state index is -0.404. The molecular weight excluding hydrogens is 216 g/mol. The molecule has 1 aromatic heterocycles. The van der Waals surface area contributed by atoms with E-state index in [0.29, 0.717) is 24.1 Å². The molecule has 1 atom stereocenters. The Bertz CT molecular complexity index is 244. The van der Waals surface area contributed by atoms with Crippen LogP contribution in [0.4, 0.5) is 0 Å². The van der Waals surface area contributed by atoms with E-state index in [-0.39, 0.29) is 0 Å². The van der Waals surface area contributed by atoms with E-state index in [1.165, 1.54) is 18.0 Å². The van der Waals surface area contributed by atoms with Crippen LogP contribution in [0.3, 0.4) is 0 Å². The molecule has 0 fully saturated rings. The van der Waals surface area contributed by atoms with Crippen molar-refractivity contribution in [3.8, 4) is 0 Å². The van der Waals surface area contributed by atoms with E-state index >= 15 is 0 Å². The molecule has 0 saturated heterocycles. The molecule has 86 valence electrons. The van der Waals surface area contributed by atoms with Gasteiger partial charge in [-0.3, -0.25) is 0 Å². The van der Waals surface area contributed by atoms with E-state index in [9.17, 15) is 5.11 Å². The van der Waals surface area contributed by atoms with Crippen LogP contribution >= 0.6 is 11.8 Å². The van der Waals surface area contributed by atoms with Gasteiger partial charge in [0.25, 0.3) is 5.22 Å². The second kappa shape index (κ2) is 7.70. The Labute approximate surface area is 93.2 Å². The summed E-state index contributed by atoms with van der Waals surface area (Å²) in [5.41, 5.74) is 0. The van der Waals surface area contributed by atoms with Crippen LogP contribution in [0.15, 0.2) is 22.1 Å². The van der Waals surface area contributed by atoms with Crippen LogP contribution in [0.1, 0.15) is 0 Å². The van der Waals surface area contributed by atoms with Crippen LogP contribution < -0.4 is 5.32 Å². The van der Waals surface area contributed by atoms with Gasteiger partial charge in [-0.25, -0.2) is 4.98 Å². The molecule has 0 bridgehead atoms. The SMILES string of the molecule is COCCNCC(O)CSc1ncco1. The molecule has 1 rings (SSSR count). The summed E-state index contributed by atoms with van der Waals surface area (Å²) in [6, 6.07) is 0. The van der Waals surface area contributed by atoms with Crippen molar-refractivity contribution in [3.63, 3.8) is 0 Å². The predicted octanol–water partition coefficient (Wildman–Crippen LogP) is 0.364. The number of aromatic nitrogens is 1. The summed E-state index contributed by atoms with van der Waals surface area (Å²) < 4.78 is 9.90. The molecule has 15 heavy (non-hydrogen) atoms. The highest BCUT2D eigenvalue weighted by atomic mass is 32.2. The highest BCUT2D eigenvalue weighted by Crippen LogP contribution is 2.15. The number of ether oxygens (including phenoxy) is 1. The third-order valence-corrected chi connectivity index (χ3v) is 2.67. The van der Waals surface area contributed by atoms with Gasteiger partial charge >= 0.3 is 0 Å². The number of oxazole rings is 1. The zero-order valence-corrected chi connectivity index (χ0v) is 9.50. The van der Waals surface area contributed by atoms with Gasteiger partial charge < -0.3 is 19.6 Å². The number of aliphatic hydroxyl groups is 1. The minimum absolute atomic E-state index is 0.404. The monoisotopic (exact) mass is 232 g/mol. The summed E-state index contributed by atoms with van der Waals surface area (Å²) >= 11 is 1.40. The summed E-state index contributed by atoms with van der Waals surface area (Å²) in [5, 5.41) is 13.2. The third kappa shape index (κ3) is 5.78. The van der Waals surface area contributed by atoms with Crippen molar-refractivity contribution in [3.05, 3.63) is 12.5 Å². The topological polar surface area (TPSA) is 67.5 Å². The average molecular weight is 232 g/mol. The van der Waals surface area contributed by atoms with E-state index in [0.717, 1.165) is 6.54 Å². The van der Waals surface area contributed by atoms with Gasteiger partial charge in [0.2, 0.25) is 0 Å². The number of aliphatic hydroxyl groups excluding tert-OH is 1. The summed E-state index contributed by atoms with van der Waals surface area (Å²) in [4.78, 5) is 3.94. The molecule has 0 saturated carbocycles. The minimum Gasteiger partial charge on any atom is -0.440 e. The fraction of sp³-hybridized carbons (Fsp3) is 0.667. The molecule has 0 aliphatic carbocycles. The van der Waals surface area contributed by atoms with Crippen LogP contribution in [0.2, 0.25) is 0 Å². The van der Waals surface area contributed by atoms with Gasteiger partial charge in [-0.05, 0) is 0 Å². The Morgan fingerprint density at radius 3 is 3.27 bits per heavy atom. The average Bonchev–Trinajstić information content (AvgIpc) is 2.74. The first-order valence-electron chi connectivity index (χ1n) is 4.73. The quantitative estimate of drug-likeness (QED) is 0.498. The largest absolute Gasteiger partial charge is 0.440 e. The highest BCUT2D eigenvalue weighted by Gasteiger charge is 2.06. The van der Waals surface area contributed by atoms with E-state index in [1.807, 2.05) is 0 Å². The van der Waals surface area contributed by atoms with Crippen molar-refractivity contribution in [1.29, 1.82) is 0 Å². The molecule has 1 heterocycles. The third-order valence-electron chi connectivity index (χ3n) is 1.67. The Kier molecular flexibility index (Phi) is 6.42. The zero-order chi connectivity index (χ0) is 10.9. The number of hydrogen-bond acceptors (Lipinski definition) is 6. The van der Waals surface area contributed by atoms with Crippen LogP contribution in [0.25, 0.3) is 0 Å². The van der Waals surface area contributed by atoms with Gasteiger partial charge in [0, 0.05) is 26.0 Å². The normalized spacial score (nSPS) is 12.9. The first-order chi connectivity index (χ1) is 7.33. The Morgan fingerprint density at radius 2 is 2.60 bits per heavy atom. The Hall–Kier alpha value is -0.560. The lowest BCUT2D eigenvalue weighted by atomic mass is 10.4. The van der Waals surface area contributed by atoms with Crippen molar-refractivity contribution in [1.82, 2.24) is 10.3 Å². The molecule has 6 heteroatoms. The second-order valence-electron chi connectivity index (χ2n) is 2.96. The second-order valence-corrected chi connectivity index (χ2v) is 3.93. The van der Waals surface area contributed by atoms with Crippen LogP contribution in [-0.2, 0) is 4.74 Å². The van der Waals surface area contributed by atoms with Crippen LogP contribution in [-0.4, -0.2) is 48.8 Å². The summed E-state index contributed by atoms with van der Waals surface area (Å²) in [6.07, 6.45) is 2.70. The molecule has 0 aromatic carbocycles. The Morgan fingerprint density at radius 1 is 1.73 bits per heavy atom. The fourth-order valence-electron chi connectivity index (χ4n) is 0.951. The number of nitrogens with one attached hydrogen (secondary N) is 1. The maximum Gasteiger partial charge on any atom is 0.255 e. The summed E-state index contributed by atoms with van der Waals surface area (Å²) in [5.74, 6) is 0.570. The highest BCUT2D eigenvalue weighted by molar-refractivity contribution is 7.99. The van der Waals surface area contributed by atoms with Gasteiger partial charge in [-0.1, -0.05) is 11.8 Å². The smallest absolute Gasteiger partial charge is 0.255 e. The molecule has 0 spiro atoms. The number of rotatable bonds is 8. The van der Waals surface area contributed by atoms with Crippen molar-refractivity contribution in [2.75, 3.05) is 32.6 Å². The molecule has 0 amide bonds. The van der Waals surface area contributed by atoms with E-state index in [2.05, 4.69) is 10.3 Å². The lowest BCUT2D eigenvalue weighted by Crippen LogP contribution is -2.30. The maximum absolute atomic E-state index is 9.55. The molecule has 1 unspecified atom stereocenters. The standard InChI is InChI=1S/C9H16N2O3S/c1-13-4-2-10-6-8(12)7-15-9-11-3-5-14-9/h3,5,8,10,12H,2,4,6-7H2,1H3. The number of hydrogen-bond donors (Lipinski definition) is 2. The van der Waals surface area contributed by atoms with Crippen molar-refractivity contribution >= 4 is 11.8 Å². The van der Waals surface area contributed by atoms with Crippen molar-refractivity contribution in [2.24, 2.45) is 0 Å². The molecule has 0 aliphatic rings. The molecule has 5 nitrogen and oxygen atoms in total. The zero-order valence-electron chi connectivity index (χ0n) is 8.68. The van der Waals surface area contributed by atoms with Gasteiger partial charge in [0.1, 0.15) is 6.26 Å². The van der Waals surface area contributed by atoms with Gasteiger partial charge in [-0.2, -0.15) is 0 Å². The van der Waals surface area contributed by atoms with E-state index in [4.69, 9.17) is 9.15 Å². The Balaban J connectivity index is 2.01. The van der Waals surface area contributed by atoms with E-state index < -0.39 is 6.10 Å². The lowest BCUT2D eigenvalue weighted by molar-refractivity contribution is 0.175. The van der Waals surface area contributed by atoms with Gasteiger partial charge in [0.15, 0.2) is 0 Å². The van der Waals surface area contributed by atoms with Gasteiger partial charge in [-0.15, -0.1) is 0 Å². The molecule has 1 aromatic rings. The predicted molar refractivity (Wildman–Crippen MR) is 58.0 cm³/mol. The molecule has 0 radical (unpaired) electrons. The maximum atomic E-state index is 9.55. The number of nitrogens with zero attached hydrogens (tertiary/aromatic N) is 1. The van der Waals surface area contributed by atoms with Gasteiger partial charge in [0.05, 0.1) is 18.9 Å². The summed E-state index contributed by atoms with van der Waals surface area (Å²) in [6.45, 7) is 1.95. The van der Waals surface area contributed by atoms with Crippen LogP contribution in [0.5, 0.6) is 0 Å². The van der Waals surface area contributed by atoms with Crippen molar-refractivity contribution < 1.29 is 14.3 Å². The van der Waals surface area contributed by atoms with Crippen molar-refractivity contribution in [2.45, 2.75) is 11.3 Å². The summed E-state index contributed by atoms with van der Waals surface area (Å²) in [7, 11) is 1.65.